The normalized spacial score (nSPS) is 12.5. The Morgan fingerprint density at radius 1 is 0.644 bits per heavy atom. The molecule has 0 bridgehead atoms. The SMILES string of the molecule is CCC(CC)(c1ccc(OS(=O)(=O)c2ccc(C)cc2)c(C)c1)c1ccc(OCC(=O)C(C)(C)C)c(OCC(=O)C(C)(C)C)c1. The summed E-state index contributed by atoms with van der Waals surface area (Å²) in [6.45, 7) is 18.7. The van der Waals surface area contributed by atoms with Gasteiger partial charge in [-0.05, 0) is 73.7 Å². The molecule has 0 fully saturated rings. The molecular formula is C37H48O7S. The summed E-state index contributed by atoms with van der Waals surface area (Å²) in [6, 6.07) is 17.7. The number of benzene rings is 3. The number of ketones is 2. The number of aryl methyl sites for hydroxylation is 2. The monoisotopic (exact) mass is 636 g/mol. The molecule has 3 aromatic rings. The number of hydrogen-bond donors (Lipinski definition) is 0. The Hall–Kier alpha value is -3.65. The van der Waals surface area contributed by atoms with Crippen molar-refractivity contribution in [1.29, 1.82) is 0 Å². The van der Waals surface area contributed by atoms with Gasteiger partial charge < -0.3 is 13.7 Å². The number of hydrogen-bond acceptors (Lipinski definition) is 7. The van der Waals surface area contributed by atoms with Crippen LogP contribution in [0.15, 0.2) is 65.6 Å². The number of rotatable bonds is 13. The van der Waals surface area contributed by atoms with Crippen molar-refractivity contribution in [3.05, 3.63) is 82.9 Å². The van der Waals surface area contributed by atoms with Gasteiger partial charge in [0.05, 0.1) is 0 Å². The van der Waals surface area contributed by atoms with E-state index in [0.29, 0.717) is 17.1 Å². The van der Waals surface area contributed by atoms with Gasteiger partial charge in [0, 0.05) is 16.2 Å². The molecule has 0 spiro atoms. The van der Waals surface area contributed by atoms with Gasteiger partial charge in [-0.15, -0.1) is 0 Å². The largest absolute Gasteiger partial charge is 0.482 e. The number of carbonyl (C=O) groups excluding carboxylic acids is 2. The van der Waals surface area contributed by atoms with Crippen LogP contribution in [0.2, 0.25) is 0 Å². The molecule has 0 heterocycles. The molecule has 8 heteroatoms. The summed E-state index contributed by atoms with van der Waals surface area (Å²) >= 11 is 0. The zero-order valence-corrected chi connectivity index (χ0v) is 29.2. The average molecular weight is 637 g/mol. The predicted octanol–water partition coefficient (Wildman–Crippen LogP) is 8.17. The van der Waals surface area contributed by atoms with E-state index >= 15 is 0 Å². The van der Waals surface area contributed by atoms with Crippen LogP contribution in [-0.4, -0.2) is 33.2 Å². The lowest BCUT2D eigenvalue weighted by atomic mass is 9.70. The van der Waals surface area contributed by atoms with Crippen LogP contribution in [0.4, 0.5) is 0 Å². The van der Waals surface area contributed by atoms with Crippen molar-refractivity contribution in [3.63, 3.8) is 0 Å². The summed E-state index contributed by atoms with van der Waals surface area (Å²) in [5.41, 5.74) is 1.96. The minimum atomic E-state index is -4.00. The Labute approximate surface area is 269 Å². The Morgan fingerprint density at radius 2 is 1.11 bits per heavy atom. The summed E-state index contributed by atoms with van der Waals surface area (Å²) in [7, 11) is -4.00. The van der Waals surface area contributed by atoms with E-state index in [9.17, 15) is 18.0 Å². The van der Waals surface area contributed by atoms with Crippen LogP contribution in [-0.2, 0) is 25.1 Å². The fourth-order valence-corrected chi connectivity index (χ4v) is 5.89. The second kappa shape index (κ2) is 13.8. The van der Waals surface area contributed by atoms with Crippen LogP contribution in [0.5, 0.6) is 17.2 Å². The van der Waals surface area contributed by atoms with Crippen LogP contribution < -0.4 is 13.7 Å². The molecule has 0 saturated carbocycles. The smallest absolute Gasteiger partial charge is 0.339 e. The number of Topliss-reactive ketones (excluding diaryl/α,β-unsaturated/α-hetero) is 2. The lowest BCUT2D eigenvalue weighted by Gasteiger charge is -2.34. The van der Waals surface area contributed by atoms with Gasteiger partial charge in [0.15, 0.2) is 23.1 Å². The molecule has 244 valence electrons. The van der Waals surface area contributed by atoms with Gasteiger partial charge >= 0.3 is 10.1 Å². The highest BCUT2D eigenvalue weighted by atomic mass is 32.2. The molecule has 0 atom stereocenters. The maximum atomic E-state index is 13.0. The Balaban J connectivity index is 2.01. The molecule has 45 heavy (non-hydrogen) atoms. The molecule has 0 saturated heterocycles. The molecule has 0 N–H and O–H groups in total. The Morgan fingerprint density at radius 3 is 1.58 bits per heavy atom. The molecule has 0 aliphatic carbocycles. The highest BCUT2D eigenvalue weighted by molar-refractivity contribution is 7.87. The maximum Gasteiger partial charge on any atom is 0.339 e. The highest BCUT2D eigenvalue weighted by Gasteiger charge is 2.33. The van der Waals surface area contributed by atoms with Crippen molar-refractivity contribution in [2.24, 2.45) is 10.8 Å². The fourth-order valence-electron chi connectivity index (χ4n) is 4.90. The first-order chi connectivity index (χ1) is 20.8. The molecular weight excluding hydrogens is 588 g/mol. The Bertz CT molecular complexity index is 1620. The zero-order chi connectivity index (χ0) is 33.8. The third-order valence-electron chi connectivity index (χ3n) is 8.33. The summed E-state index contributed by atoms with van der Waals surface area (Å²) in [4.78, 5) is 25.5. The van der Waals surface area contributed by atoms with Gasteiger partial charge in [-0.2, -0.15) is 8.42 Å². The molecule has 0 aliphatic heterocycles. The van der Waals surface area contributed by atoms with Crippen molar-refractivity contribution in [1.82, 2.24) is 0 Å². The summed E-state index contributed by atoms with van der Waals surface area (Å²) in [6.07, 6.45) is 1.46. The van der Waals surface area contributed by atoms with Gasteiger partial charge in [0.25, 0.3) is 0 Å². The second-order valence-electron chi connectivity index (χ2n) is 13.7. The Kier molecular flexibility index (Phi) is 11.0. The lowest BCUT2D eigenvalue weighted by molar-refractivity contribution is -0.129. The van der Waals surface area contributed by atoms with E-state index < -0.39 is 26.4 Å². The second-order valence-corrected chi connectivity index (χ2v) is 15.3. The van der Waals surface area contributed by atoms with E-state index in [1.54, 1.807) is 24.3 Å². The molecule has 0 aliphatic rings. The van der Waals surface area contributed by atoms with Crippen LogP contribution in [0, 0.1) is 24.7 Å². The predicted molar refractivity (Wildman–Crippen MR) is 178 cm³/mol. The van der Waals surface area contributed by atoms with E-state index in [4.69, 9.17) is 13.7 Å². The van der Waals surface area contributed by atoms with Crippen LogP contribution in [0.25, 0.3) is 0 Å². The quantitative estimate of drug-likeness (QED) is 0.175. The standard InChI is InChI=1S/C37H48O7S/c1-11-37(12-2,27-15-19-30(26(4)21-27)44-45(40,41)29-17-13-25(3)14-18-29)28-16-20-31(42-23-33(38)35(5,6)7)32(22-28)43-24-34(39)36(8,9)10/h13-22H,11-12,23-24H2,1-10H3. The number of ether oxygens (including phenoxy) is 2. The van der Waals surface area contributed by atoms with Gasteiger partial charge in [0.2, 0.25) is 0 Å². The topological polar surface area (TPSA) is 96.0 Å². The lowest BCUT2D eigenvalue weighted by Crippen LogP contribution is -2.28. The molecule has 3 rings (SSSR count). The molecule has 7 nitrogen and oxygen atoms in total. The zero-order valence-electron chi connectivity index (χ0n) is 28.4. The van der Waals surface area contributed by atoms with E-state index in [1.807, 2.05) is 79.7 Å². The number of carbonyl (C=O) groups is 2. The summed E-state index contributed by atoms with van der Waals surface area (Å²) in [5, 5.41) is 0. The van der Waals surface area contributed by atoms with Gasteiger partial charge in [0.1, 0.15) is 23.9 Å². The van der Waals surface area contributed by atoms with Crippen LogP contribution in [0.3, 0.4) is 0 Å². The van der Waals surface area contributed by atoms with E-state index in [-0.39, 0.29) is 35.4 Å². The first kappa shape index (κ1) is 35.8. The van der Waals surface area contributed by atoms with Gasteiger partial charge in [-0.25, -0.2) is 0 Å². The first-order valence-corrected chi connectivity index (χ1v) is 16.8. The summed E-state index contributed by atoms with van der Waals surface area (Å²) < 4.78 is 43.5. The first-order valence-electron chi connectivity index (χ1n) is 15.4. The van der Waals surface area contributed by atoms with E-state index in [2.05, 4.69) is 13.8 Å². The highest BCUT2D eigenvalue weighted by Crippen LogP contribution is 2.43. The van der Waals surface area contributed by atoms with E-state index in [0.717, 1.165) is 29.5 Å². The minimum Gasteiger partial charge on any atom is -0.482 e. The van der Waals surface area contributed by atoms with Crippen molar-refractivity contribution >= 4 is 21.7 Å². The minimum absolute atomic E-state index is 0.0538. The third kappa shape index (κ3) is 8.54. The van der Waals surface area contributed by atoms with E-state index in [1.165, 1.54) is 12.1 Å². The molecule has 0 unspecified atom stereocenters. The van der Waals surface area contributed by atoms with Crippen molar-refractivity contribution < 1.29 is 31.7 Å². The van der Waals surface area contributed by atoms with Crippen molar-refractivity contribution in [2.75, 3.05) is 13.2 Å². The molecule has 3 aromatic carbocycles. The van der Waals surface area contributed by atoms with Gasteiger partial charge in [-0.1, -0.05) is 91.3 Å². The summed E-state index contributed by atoms with van der Waals surface area (Å²) in [5.74, 6) is 0.923. The maximum absolute atomic E-state index is 13.0. The van der Waals surface area contributed by atoms with Crippen LogP contribution >= 0.6 is 0 Å². The molecule has 0 aromatic heterocycles. The molecule has 0 radical (unpaired) electrons. The average Bonchev–Trinajstić information content (AvgIpc) is 2.96. The van der Waals surface area contributed by atoms with Crippen molar-refractivity contribution in [2.45, 2.75) is 92.4 Å². The fraction of sp³-hybridized carbons (Fsp3) is 0.459. The van der Waals surface area contributed by atoms with Gasteiger partial charge in [-0.3, -0.25) is 9.59 Å². The molecule has 0 amide bonds. The van der Waals surface area contributed by atoms with Crippen molar-refractivity contribution in [3.8, 4) is 17.2 Å². The third-order valence-corrected chi connectivity index (χ3v) is 9.58. The van der Waals surface area contributed by atoms with Crippen LogP contribution in [0.1, 0.15) is 90.5 Å².